The fourth-order valence-electron chi connectivity index (χ4n) is 6.12. The zero-order chi connectivity index (χ0) is 30.4. The molecule has 7 heteroatoms. The molecule has 1 aliphatic carbocycles. The highest BCUT2D eigenvalue weighted by molar-refractivity contribution is 5.86. The molecular weight excluding hydrogens is 545 g/mol. The molecule has 3 aliphatic rings. The normalized spacial score (nSPS) is 21.4. The number of esters is 1. The molecule has 2 aliphatic heterocycles. The van der Waals surface area contributed by atoms with Gasteiger partial charge in [-0.3, -0.25) is 9.78 Å². The van der Waals surface area contributed by atoms with Gasteiger partial charge in [0.15, 0.2) is 5.79 Å². The lowest BCUT2D eigenvalue weighted by Crippen LogP contribution is -2.45. The third-order valence-electron chi connectivity index (χ3n) is 7.89. The van der Waals surface area contributed by atoms with Gasteiger partial charge in [-0.05, 0) is 88.4 Å². The van der Waals surface area contributed by atoms with Crippen molar-refractivity contribution >= 4 is 12.0 Å². The summed E-state index contributed by atoms with van der Waals surface area (Å²) in [6.07, 6.45) is 7.06. The number of ether oxygens (including phenoxy) is 4. The van der Waals surface area contributed by atoms with E-state index in [1.807, 2.05) is 65.0 Å². The quantitative estimate of drug-likeness (QED) is 0.273. The molecule has 0 amide bonds. The summed E-state index contributed by atoms with van der Waals surface area (Å²) in [6, 6.07) is 14.8. The summed E-state index contributed by atoms with van der Waals surface area (Å²) in [4.78, 5) is 18.0. The molecule has 0 unspecified atom stereocenters. The van der Waals surface area contributed by atoms with Crippen molar-refractivity contribution in [3.63, 3.8) is 0 Å². The Labute approximate surface area is 253 Å². The Kier molecular flexibility index (Phi) is 7.90. The highest BCUT2D eigenvalue weighted by Gasteiger charge is 2.37. The first-order chi connectivity index (χ1) is 20.5. The van der Waals surface area contributed by atoms with E-state index in [0.29, 0.717) is 25.4 Å². The average molecular weight is 586 g/mol. The number of nitrogens with zero attached hydrogens (tertiary/aromatic N) is 1. The van der Waals surface area contributed by atoms with Crippen LogP contribution >= 0.6 is 0 Å². The van der Waals surface area contributed by atoms with Crippen molar-refractivity contribution in [3.05, 3.63) is 77.2 Å². The van der Waals surface area contributed by atoms with E-state index in [4.69, 9.17) is 23.9 Å². The summed E-state index contributed by atoms with van der Waals surface area (Å²) in [5.41, 5.74) is 6.53. The first-order valence-corrected chi connectivity index (χ1v) is 15.3. The molecule has 43 heavy (non-hydrogen) atoms. The van der Waals surface area contributed by atoms with Gasteiger partial charge in [-0.2, -0.15) is 0 Å². The van der Waals surface area contributed by atoms with Gasteiger partial charge in [0.2, 0.25) is 0 Å². The fourth-order valence-corrected chi connectivity index (χ4v) is 6.12. The van der Waals surface area contributed by atoms with Crippen LogP contribution in [-0.2, 0) is 25.4 Å². The van der Waals surface area contributed by atoms with E-state index in [0.717, 1.165) is 57.8 Å². The highest BCUT2D eigenvalue weighted by Crippen LogP contribution is 2.48. The summed E-state index contributed by atoms with van der Waals surface area (Å²) in [6.45, 7) is 9.85. The van der Waals surface area contributed by atoms with Crippen LogP contribution in [0.5, 0.6) is 5.75 Å². The molecule has 0 spiro atoms. The number of halogens is 1. The first-order valence-electron chi connectivity index (χ1n) is 15.3. The minimum atomic E-state index is -0.869. The molecule has 1 saturated heterocycles. The number of hydrogen-bond donors (Lipinski definition) is 0. The van der Waals surface area contributed by atoms with Gasteiger partial charge in [0.25, 0.3) is 0 Å². The molecule has 3 aromatic rings. The maximum atomic E-state index is 14.1. The second kappa shape index (κ2) is 11.5. The van der Waals surface area contributed by atoms with Gasteiger partial charge in [-0.25, -0.2) is 4.39 Å². The van der Waals surface area contributed by atoms with Gasteiger partial charge in [0, 0.05) is 29.9 Å². The molecule has 2 atom stereocenters. The van der Waals surface area contributed by atoms with Gasteiger partial charge in [-0.15, -0.1) is 0 Å². The number of carbonyl (C=O) groups is 1. The number of pyridine rings is 1. The Hall–Kier alpha value is -3.55. The Morgan fingerprint density at radius 1 is 1.09 bits per heavy atom. The number of hydrogen-bond acceptors (Lipinski definition) is 6. The van der Waals surface area contributed by atoms with Crippen LogP contribution in [0.4, 0.5) is 4.39 Å². The molecule has 1 aromatic heterocycles. The molecular formula is C36H40FNO5. The summed E-state index contributed by atoms with van der Waals surface area (Å²) in [7, 11) is 0. The average Bonchev–Trinajstić information content (AvgIpc) is 3.77. The molecule has 6 nitrogen and oxygen atoms in total. The number of fused-ring (bicyclic) bond motifs is 3. The summed E-state index contributed by atoms with van der Waals surface area (Å²) < 4.78 is 38.2. The smallest absolute Gasteiger partial charge is 0.308 e. The van der Waals surface area contributed by atoms with Gasteiger partial charge in [0.05, 0.1) is 36.6 Å². The standard InChI is InChI=1S/C36H40FNO5/c1-35(2,3)43-31(39)21-26-20-25(41-36(4,5)42-26)16-17-28-32(22-12-14-24(37)15-13-22)29-18-19-40-30-9-7-6-8-27(30)34(29)38-33(28)23-10-11-23/h6-9,12-17,23,25-26H,10-11,18-21H2,1-5H3/t25-,26-/m1/s1. The van der Waals surface area contributed by atoms with Crippen molar-refractivity contribution in [2.75, 3.05) is 6.61 Å². The number of rotatable bonds is 6. The lowest BCUT2D eigenvalue weighted by molar-refractivity contribution is -0.290. The number of aromatic nitrogens is 1. The van der Waals surface area contributed by atoms with E-state index >= 15 is 0 Å². The van der Waals surface area contributed by atoms with Crippen LogP contribution in [0.15, 0.2) is 54.6 Å². The maximum Gasteiger partial charge on any atom is 0.308 e. The zero-order valence-corrected chi connectivity index (χ0v) is 25.6. The van der Waals surface area contributed by atoms with E-state index in [1.165, 1.54) is 12.1 Å². The van der Waals surface area contributed by atoms with Crippen molar-refractivity contribution in [2.45, 2.75) is 96.2 Å². The van der Waals surface area contributed by atoms with Crippen molar-refractivity contribution in [1.82, 2.24) is 4.98 Å². The van der Waals surface area contributed by atoms with Crippen molar-refractivity contribution in [3.8, 4) is 28.1 Å². The van der Waals surface area contributed by atoms with Crippen LogP contribution in [0.2, 0.25) is 0 Å². The Morgan fingerprint density at radius 3 is 2.56 bits per heavy atom. The third-order valence-corrected chi connectivity index (χ3v) is 7.89. The number of para-hydroxylation sites is 1. The second-order valence-corrected chi connectivity index (χ2v) is 13.2. The summed E-state index contributed by atoms with van der Waals surface area (Å²) in [5.74, 6) is -0.243. The lowest BCUT2D eigenvalue weighted by Gasteiger charge is -2.39. The number of carbonyl (C=O) groups excluding carboxylic acids is 1. The van der Waals surface area contributed by atoms with E-state index in [2.05, 4.69) is 18.2 Å². The molecule has 3 heterocycles. The summed E-state index contributed by atoms with van der Waals surface area (Å²) >= 11 is 0. The molecule has 0 N–H and O–H groups in total. The molecule has 0 radical (unpaired) electrons. The van der Waals surface area contributed by atoms with Crippen LogP contribution < -0.4 is 4.74 Å². The van der Waals surface area contributed by atoms with E-state index in [1.54, 1.807) is 0 Å². The van der Waals surface area contributed by atoms with Crippen LogP contribution in [-0.4, -0.2) is 41.2 Å². The number of benzene rings is 2. The fraction of sp³-hybridized carbons (Fsp3) is 0.444. The van der Waals surface area contributed by atoms with E-state index < -0.39 is 11.4 Å². The Morgan fingerprint density at radius 2 is 1.84 bits per heavy atom. The Balaban J connectivity index is 1.42. The minimum absolute atomic E-state index is 0.155. The highest BCUT2D eigenvalue weighted by atomic mass is 19.1. The topological polar surface area (TPSA) is 66.9 Å². The first kappa shape index (κ1) is 29.5. The van der Waals surface area contributed by atoms with Crippen LogP contribution in [0, 0.1) is 5.82 Å². The van der Waals surface area contributed by atoms with Gasteiger partial charge < -0.3 is 18.9 Å². The molecule has 6 rings (SSSR count). The van der Waals surface area contributed by atoms with Crippen molar-refractivity contribution in [2.24, 2.45) is 0 Å². The molecule has 2 fully saturated rings. The SMILES string of the molecule is CC(C)(C)OC(=O)C[C@H]1C[C@@H](C=Cc2c(C3CC3)nc3c(c2-c2ccc(F)cc2)CCOc2ccccc2-3)OC(C)(C)O1. The minimum Gasteiger partial charge on any atom is -0.493 e. The maximum absolute atomic E-state index is 14.1. The van der Waals surface area contributed by atoms with Gasteiger partial charge in [0.1, 0.15) is 17.2 Å². The lowest BCUT2D eigenvalue weighted by atomic mass is 9.87. The van der Waals surface area contributed by atoms with Gasteiger partial charge >= 0.3 is 5.97 Å². The largest absolute Gasteiger partial charge is 0.493 e. The molecule has 2 aromatic carbocycles. The van der Waals surface area contributed by atoms with Crippen molar-refractivity contribution < 1.29 is 28.1 Å². The molecule has 226 valence electrons. The predicted molar refractivity (Wildman–Crippen MR) is 164 cm³/mol. The van der Waals surface area contributed by atoms with Crippen molar-refractivity contribution in [1.29, 1.82) is 0 Å². The summed E-state index contributed by atoms with van der Waals surface area (Å²) in [5, 5.41) is 0. The third kappa shape index (κ3) is 6.84. The molecule has 1 saturated carbocycles. The predicted octanol–water partition coefficient (Wildman–Crippen LogP) is 8.02. The van der Waals surface area contributed by atoms with Gasteiger partial charge in [-0.1, -0.05) is 36.4 Å². The second-order valence-electron chi connectivity index (χ2n) is 13.2. The van der Waals surface area contributed by atoms with E-state index in [-0.39, 0.29) is 30.4 Å². The van der Waals surface area contributed by atoms with Crippen LogP contribution in [0.25, 0.3) is 28.5 Å². The zero-order valence-electron chi connectivity index (χ0n) is 25.6. The Bertz CT molecular complexity index is 1530. The monoisotopic (exact) mass is 585 g/mol. The molecule has 0 bridgehead atoms. The van der Waals surface area contributed by atoms with E-state index in [9.17, 15) is 9.18 Å². The van der Waals surface area contributed by atoms with Crippen LogP contribution in [0.3, 0.4) is 0 Å². The van der Waals surface area contributed by atoms with Crippen LogP contribution in [0.1, 0.15) is 83.0 Å².